The monoisotopic (exact) mass is 367 g/mol. The second-order valence-corrected chi connectivity index (χ2v) is 7.61. The molecule has 0 unspecified atom stereocenters. The number of carbonyl (C=O) groups excluding carboxylic acids is 1. The van der Waals surface area contributed by atoms with Gasteiger partial charge in [-0.3, -0.25) is 9.59 Å². The summed E-state index contributed by atoms with van der Waals surface area (Å²) in [4.78, 5) is 40.0. The molecule has 27 heavy (non-hydrogen) atoms. The number of piperidine rings is 1. The molecule has 1 atom stereocenters. The van der Waals surface area contributed by atoms with Crippen molar-refractivity contribution in [2.24, 2.45) is 0 Å². The Labute approximate surface area is 158 Å². The molecule has 0 aliphatic carbocycles. The summed E-state index contributed by atoms with van der Waals surface area (Å²) in [7, 11) is 0. The first-order chi connectivity index (χ1) is 13.0. The van der Waals surface area contributed by atoms with Gasteiger partial charge in [0, 0.05) is 49.4 Å². The van der Waals surface area contributed by atoms with Crippen LogP contribution in [0.25, 0.3) is 0 Å². The quantitative estimate of drug-likeness (QED) is 0.810. The SMILES string of the molecule is Cc1ncc(C(=O)N2CCC[C@H](c3c(C)c(=O)nc4n3CCC4)C2)c(C)n1. The molecule has 2 aliphatic rings. The van der Waals surface area contributed by atoms with Crippen LogP contribution in [0.2, 0.25) is 0 Å². The van der Waals surface area contributed by atoms with Gasteiger partial charge in [0.25, 0.3) is 11.5 Å². The van der Waals surface area contributed by atoms with Gasteiger partial charge in [0.15, 0.2) is 0 Å². The lowest BCUT2D eigenvalue weighted by atomic mass is 9.91. The van der Waals surface area contributed by atoms with Gasteiger partial charge < -0.3 is 9.47 Å². The lowest BCUT2D eigenvalue weighted by Crippen LogP contribution is -2.41. The second kappa shape index (κ2) is 6.87. The van der Waals surface area contributed by atoms with Crippen LogP contribution in [0, 0.1) is 20.8 Å². The molecule has 1 amide bonds. The third kappa shape index (κ3) is 3.15. The highest BCUT2D eigenvalue weighted by Crippen LogP contribution is 2.31. The second-order valence-electron chi connectivity index (χ2n) is 7.61. The number of likely N-dealkylation sites (tertiary alicyclic amines) is 1. The van der Waals surface area contributed by atoms with E-state index in [1.165, 1.54) is 0 Å². The standard InChI is InChI=1S/C20H25N5O2/c1-12-18(25-9-5-7-17(25)23-19(12)26)15-6-4-8-24(11-15)20(27)16-10-21-14(3)22-13(16)2/h10,15H,4-9,11H2,1-3H3/t15-/m0/s1. The smallest absolute Gasteiger partial charge is 0.276 e. The van der Waals surface area contributed by atoms with Crippen LogP contribution >= 0.6 is 0 Å². The molecule has 0 spiro atoms. The van der Waals surface area contributed by atoms with E-state index in [9.17, 15) is 9.59 Å². The lowest BCUT2D eigenvalue weighted by molar-refractivity contribution is 0.0702. The normalized spacial score (nSPS) is 19.2. The third-order valence-electron chi connectivity index (χ3n) is 5.75. The van der Waals surface area contributed by atoms with Crippen molar-refractivity contribution in [1.29, 1.82) is 0 Å². The van der Waals surface area contributed by atoms with Gasteiger partial charge in [-0.2, -0.15) is 4.98 Å². The van der Waals surface area contributed by atoms with Gasteiger partial charge >= 0.3 is 0 Å². The van der Waals surface area contributed by atoms with Gasteiger partial charge in [0.2, 0.25) is 0 Å². The summed E-state index contributed by atoms with van der Waals surface area (Å²) in [5.74, 6) is 1.71. The van der Waals surface area contributed by atoms with E-state index in [2.05, 4.69) is 19.5 Å². The molecule has 1 fully saturated rings. The molecule has 2 aromatic rings. The molecule has 4 rings (SSSR count). The molecule has 142 valence electrons. The zero-order valence-corrected chi connectivity index (χ0v) is 16.2. The first-order valence-corrected chi connectivity index (χ1v) is 9.65. The van der Waals surface area contributed by atoms with Gasteiger partial charge in [0.1, 0.15) is 11.6 Å². The zero-order chi connectivity index (χ0) is 19.1. The van der Waals surface area contributed by atoms with E-state index in [4.69, 9.17) is 0 Å². The number of hydrogen-bond donors (Lipinski definition) is 0. The van der Waals surface area contributed by atoms with E-state index >= 15 is 0 Å². The summed E-state index contributed by atoms with van der Waals surface area (Å²) in [6.45, 7) is 7.80. The van der Waals surface area contributed by atoms with Crippen LogP contribution in [0.1, 0.15) is 64.1 Å². The zero-order valence-electron chi connectivity index (χ0n) is 16.2. The molecule has 1 saturated heterocycles. The Bertz CT molecular complexity index is 966. The van der Waals surface area contributed by atoms with Crippen molar-refractivity contribution in [3.05, 3.63) is 50.7 Å². The number of hydrogen-bond acceptors (Lipinski definition) is 5. The van der Waals surface area contributed by atoms with Crippen molar-refractivity contribution >= 4 is 5.91 Å². The van der Waals surface area contributed by atoms with Crippen molar-refractivity contribution < 1.29 is 4.79 Å². The fourth-order valence-corrected chi connectivity index (χ4v) is 4.42. The fraction of sp³-hybridized carbons (Fsp3) is 0.550. The van der Waals surface area contributed by atoms with Crippen LogP contribution in [0.3, 0.4) is 0 Å². The number of nitrogens with zero attached hydrogens (tertiary/aromatic N) is 5. The summed E-state index contributed by atoms with van der Waals surface area (Å²) in [6, 6.07) is 0. The summed E-state index contributed by atoms with van der Waals surface area (Å²) < 4.78 is 2.22. The number of aromatic nitrogens is 4. The van der Waals surface area contributed by atoms with Gasteiger partial charge in [0.05, 0.1) is 11.3 Å². The van der Waals surface area contributed by atoms with Crippen LogP contribution < -0.4 is 5.56 Å². The molecular formula is C20H25N5O2. The van der Waals surface area contributed by atoms with Crippen molar-refractivity contribution in [2.75, 3.05) is 13.1 Å². The van der Waals surface area contributed by atoms with E-state index < -0.39 is 0 Å². The van der Waals surface area contributed by atoms with Crippen LogP contribution in [0.15, 0.2) is 11.0 Å². The van der Waals surface area contributed by atoms with Crippen LogP contribution in [0.5, 0.6) is 0 Å². The van der Waals surface area contributed by atoms with E-state index in [1.54, 1.807) is 6.20 Å². The minimum absolute atomic E-state index is 0.0205. The van der Waals surface area contributed by atoms with Crippen molar-refractivity contribution in [2.45, 2.75) is 58.9 Å². The van der Waals surface area contributed by atoms with Crippen molar-refractivity contribution in [3.63, 3.8) is 0 Å². The highest BCUT2D eigenvalue weighted by molar-refractivity contribution is 5.95. The van der Waals surface area contributed by atoms with Crippen LogP contribution in [-0.2, 0) is 13.0 Å². The van der Waals surface area contributed by atoms with Gasteiger partial charge in [-0.15, -0.1) is 0 Å². The lowest BCUT2D eigenvalue weighted by Gasteiger charge is -2.34. The Morgan fingerprint density at radius 2 is 1.96 bits per heavy atom. The molecule has 2 aliphatic heterocycles. The predicted molar refractivity (Wildman–Crippen MR) is 101 cm³/mol. The predicted octanol–water partition coefficient (Wildman–Crippen LogP) is 1.92. The Morgan fingerprint density at radius 1 is 1.15 bits per heavy atom. The number of fused-ring (bicyclic) bond motifs is 1. The van der Waals surface area contributed by atoms with E-state index in [-0.39, 0.29) is 17.4 Å². The topological polar surface area (TPSA) is 81.0 Å². The summed E-state index contributed by atoms with van der Waals surface area (Å²) >= 11 is 0. The minimum Gasteiger partial charge on any atom is -0.338 e. The number of aryl methyl sites for hydroxylation is 3. The molecule has 4 heterocycles. The molecule has 0 saturated carbocycles. The highest BCUT2D eigenvalue weighted by Gasteiger charge is 2.31. The van der Waals surface area contributed by atoms with Gasteiger partial charge in [-0.25, -0.2) is 9.97 Å². The molecule has 0 bridgehead atoms. The summed E-state index contributed by atoms with van der Waals surface area (Å²) in [5.41, 5.74) is 2.97. The average Bonchev–Trinajstić information content (AvgIpc) is 3.10. The minimum atomic E-state index is -0.121. The van der Waals surface area contributed by atoms with Crippen molar-refractivity contribution in [3.8, 4) is 0 Å². The maximum absolute atomic E-state index is 13.1. The third-order valence-corrected chi connectivity index (χ3v) is 5.75. The molecule has 7 heteroatoms. The number of rotatable bonds is 2. The van der Waals surface area contributed by atoms with E-state index in [0.29, 0.717) is 23.6 Å². The maximum Gasteiger partial charge on any atom is 0.276 e. The van der Waals surface area contributed by atoms with E-state index in [0.717, 1.165) is 55.9 Å². The van der Waals surface area contributed by atoms with E-state index in [1.807, 2.05) is 25.7 Å². The Kier molecular flexibility index (Phi) is 4.53. The largest absolute Gasteiger partial charge is 0.338 e. The maximum atomic E-state index is 13.1. The Morgan fingerprint density at radius 3 is 2.74 bits per heavy atom. The molecule has 0 aromatic carbocycles. The molecule has 0 N–H and O–H groups in total. The number of amides is 1. The Balaban J connectivity index is 1.65. The highest BCUT2D eigenvalue weighted by atomic mass is 16.2. The van der Waals surface area contributed by atoms with Gasteiger partial charge in [-0.05, 0) is 40.0 Å². The summed E-state index contributed by atoms with van der Waals surface area (Å²) in [6.07, 6.45) is 5.42. The van der Waals surface area contributed by atoms with Gasteiger partial charge in [-0.1, -0.05) is 0 Å². The first kappa shape index (κ1) is 17.8. The molecule has 7 nitrogen and oxygen atoms in total. The van der Waals surface area contributed by atoms with Crippen LogP contribution in [-0.4, -0.2) is 43.4 Å². The first-order valence-electron chi connectivity index (χ1n) is 9.65. The molecular weight excluding hydrogens is 342 g/mol. The average molecular weight is 367 g/mol. The Hall–Kier alpha value is -2.57. The molecule has 0 radical (unpaired) electrons. The fourth-order valence-electron chi connectivity index (χ4n) is 4.42. The van der Waals surface area contributed by atoms with Crippen LogP contribution in [0.4, 0.5) is 0 Å². The summed E-state index contributed by atoms with van der Waals surface area (Å²) in [5, 5.41) is 0. The molecule has 2 aromatic heterocycles. The van der Waals surface area contributed by atoms with Crippen molar-refractivity contribution in [1.82, 2.24) is 24.4 Å². The number of carbonyl (C=O) groups is 1.